The van der Waals surface area contributed by atoms with Gasteiger partial charge in [-0.25, -0.2) is 9.59 Å². The molecule has 6 bridgehead atoms. The predicted octanol–water partition coefficient (Wildman–Crippen LogP) is 6.16. The summed E-state index contributed by atoms with van der Waals surface area (Å²) < 4.78 is 42.2. The van der Waals surface area contributed by atoms with Gasteiger partial charge in [0.15, 0.2) is 11.9 Å². The van der Waals surface area contributed by atoms with E-state index in [-0.39, 0.29) is 31.3 Å². The summed E-state index contributed by atoms with van der Waals surface area (Å²) >= 11 is 0. The number of rotatable bonds is 8. The van der Waals surface area contributed by atoms with Crippen LogP contribution in [0.3, 0.4) is 0 Å². The summed E-state index contributed by atoms with van der Waals surface area (Å²) in [6.07, 6.45) is 9.50. The number of cyclic esters (lactones) is 1. The van der Waals surface area contributed by atoms with E-state index in [1.807, 2.05) is 26.0 Å². The van der Waals surface area contributed by atoms with Gasteiger partial charge in [0.25, 0.3) is 0 Å². The van der Waals surface area contributed by atoms with Crippen LogP contribution in [0.1, 0.15) is 126 Å². The zero-order chi connectivity index (χ0) is 44.5. The maximum Gasteiger partial charge on any atom is 0.331 e. The fraction of sp³-hybridized carbons (Fsp3) is 0.696. The number of hydrogen-bond acceptors (Lipinski definition) is 14. The molecule has 3 N–H and O–H groups in total. The molecular weight excluding hydrogens is 776 g/mol. The Kier molecular flexibility index (Phi) is 17.1. The third-order valence-electron chi connectivity index (χ3n) is 12.2. The number of methoxy groups -OCH3 is 1. The first-order valence-electron chi connectivity index (χ1n) is 21.3. The maximum absolute atomic E-state index is 13.4. The summed E-state index contributed by atoms with van der Waals surface area (Å²) in [4.78, 5) is 51.8. The molecule has 0 aromatic carbocycles. The highest BCUT2D eigenvalue weighted by atomic mass is 16.7. The Balaban J connectivity index is 1.82. The molecule has 1 unspecified atom stereocenters. The number of carbonyl (C=O) groups excluding carboxylic acids is 4. The molecule has 0 saturated carbocycles. The highest BCUT2D eigenvalue weighted by Crippen LogP contribution is 2.50. The fourth-order valence-corrected chi connectivity index (χ4v) is 8.40. The Labute approximate surface area is 355 Å². The number of aliphatic hydroxyl groups excluding tert-OH is 1. The minimum atomic E-state index is -2.34. The van der Waals surface area contributed by atoms with Crippen LogP contribution >= 0.6 is 0 Å². The molecule has 0 aromatic rings. The van der Waals surface area contributed by atoms with Gasteiger partial charge in [0, 0.05) is 50.2 Å². The van der Waals surface area contributed by atoms with Gasteiger partial charge in [-0.3, -0.25) is 9.59 Å². The Bertz CT molecular complexity index is 1670. The minimum absolute atomic E-state index is 0.0348. The van der Waals surface area contributed by atoms with Gasteiger partial charge >= 0.3 is 23.9 Å². The van der Waals surface area contributed by atoms with E-state index in [1.54, 1.807) is 45.9 Å². The highest BCUT2D eigenvalue weighted by molar-refractivity contribution is 5.84. The molecular formula is C46H68O14. The van der Waals surface area contributed by atoms with E-state index in [9.17, 15) is 34.5 Å². The predicted molar refractivity (Wildman–Crippen MR) is 221 cm³/mol. The van der Waals surface area contributed by atoms with Gasteiger partial charge in [0.05, 0.1) is 43.0 Å². The van der Waals surface area contributed by atoms with Gasteiger partial charge in [-0.15, -0.1) is 0 Å². The van der Waals surface area contributed by atoms with Crippen LogP contribution < -0.4 is 0 Å². The summed E-state index contributed by atoms with van der Waals surface area (Å²) in [5, 5.41) is 36.2. The second-order valence-corrected chi connectivity index (χ2v) is 17.7. The van der Waals surface area contributed by atoms with Crippen molar-refractivity contribution in [3.05, 3.63) is 59.8 Å². The van der Waals surface area contributed by atoms with Crippen molar-refractivity contribution in [2.45, 2.75) is 186 Å². The van der Waals surface area contributed by atoms with Crippen molar-refractivity contribution in [2.75, 3.05) is 7.11 Å². The van der Waals surface area contributed by atoms with Gasteiger partial charge in [-0.1, -0.05) is 83.1 Å². The lowest BCUT2D eigenvalue weighted by Crippen LogP contribution is -2.62. The molecule has 4 heterocycles. The van der Waals surface area contributed by atoms with Crippen LogP contribution in [0, 0.1) is 10.8 Å². The zero-order valence-corrected chi connectivity index (χ0v) is 36.8. The lowest BCUT2D eigenvalue weighted by atomic mass is 9.70. The lowest BCUT2D eigenvalue weighted by molar-refractivity contribution is -0.347. The van der Waals surface area contributed by atoms with Gasteiger partial charge < -0.3 is 48.5 Å². The van der Waals surface area contributed by atoms with E-state index in [0.29, 0.717) is 32.1 Å². The second-order valence-electron chi connectivity index (χ2n) is 17.7. The zero-order valence-electron chi connectivity index (χ0n) is 36.8. The number of aliphatic hydroxyl groups is 3. The number of esters is 4. The number of carbonyl (C=O) groups is 4. The first kappa shape index (κ1) is 49.0. The van der Waals surface area contributed by atoms with Crippen molar-refractivity contribution < 1.29 is 67.7 Å². The van der Waals surface area contributed by atoms with Crippen LogP contribution in [0.4, 0.5) is 0 Å². The van der Waals surface area contributed by atoms with Gasteiger partial charge in [-0.05, 0) is 57.9 Å². The first-order valence-corrected chi connectivity index (χ1v) is 21.3. The lowest BCUT2D eigenvalue weighted by Gasteiger charge is -2.53. The number of ether oxygens (including phenoxy) is 7. The van der Waals surface area contributed by atoms with E-state index in [0.717, 1.165) is 24.5 Å². The number of fused-ring (bicyclic) bond motifs is 6. The van der Waals surface area contributed by atoms with E-state index < -0.39 is 95.1 Å². The van der Waals surface area contributed by atoms with Crippen LogP contribution in [0.25, 0.3) is 0 Å². The van der Waals surface area contributed by atoms with Crippen LogP contribution in [-0.2, 0) is 52.3 Å². The van der Waals surface area contributed by atoms with E-state index in [4.69, 9.17) is 33.2 Å². The molecule has 60 heavy (non-hydrogen) atoms. The summed E-state index contributed by atoms with van der Waals surface area (Å²) in [5.41, 5.74) is -1.17. The number of allylic oxidation sites excluding steroid dienone is 4. The van der Waals surface area contributed by atoms with Crippen LogP contribution in [0.2, 0.25) is 0 Å². The standard InChI is InChI=1S/C46H68O14/c1-10-12-13-14-15-18-40(50)58-42-32(25-41(51)54-9)24-35-26-37(29(3)47)57-39(49)19-16-17-34-27-38(55-30(4)48)44(7,8)45(52,59-34)28-36-23-31(11-2)22-33(56-36)20-21-43(5,6)46(42,53)60-35/h11,13-15,18,20-21,25,29,33-38,42,47,52-53H,10,12,16-17,19,22-24,26-28H2,1-9H3/b14-13+,18-15+,21-20+,31-11+,32-25+/t29-,33+,34-,35+,36+,37-,38+,42+,45?,46-/m1/s1. The third kappa shape index (κ3) is 12.3. The van der Waals surface area contributed by atoms with Crippen LogP contribution in [-0.4, -0.2) is 107 Å². The molecule has 336 valence electrons. The molecule has 14 heteroatoms. The molecule has 3 saturated heterocycles. The van der Waals surface area contributed by atoms with Crippen molar-refractivity contribution in [3.8, 4) is 0 Å². The molecule has 10 atom stereocenters. The third-order valence-corrected chi connectivity index (χ3v) is 12.2. The average Bonchev–Trinajstić information content (AvgIpc) is 3.16. The van der Waals surface area contributed by atoms with Crippen molar-refractivity contribution in [1.82, 2.24) is 0 Å². The van der Waals surface area contributed by atoms with Gasteiger partial charge in [-0.2, -0.15) is 0 Å². The Morgan fingerprint density at radius 2 is 1.72 bits per heavy atom. The monoisotopic (exact) mass is 844 g/mol. The van der Waals surface area contributed by atoms with E-state index >= 15 is 0 Å². The van der Waals surface area contributed by atoms with Crippen molar-refractivity contribution in [1.29, 1.82) is 0 Å². The largest absolute Gasteiger partial charge is 0.466 e. The number of unbranched alkanes of at least 4 members (excludes halogenated alkanes) is 1. The molecule has 14 nitrogen and oxygen atoms in total. The molecule has 0 aromatic heterocycles. The first-order chi connectivity index (χ1) is 28.2. The van der Waals surface area contributed by atoms with E-state index in [1.165, 1.54) is 33.1 Å². The topological polar surface area (TPSA) is 194 Å². The maximum atomic E-state index is 13.4. The summed E-state index contributed by atoms with van der Waals surface area (Å²) in [5.74, 6) is -6.78. The van der Waals surface area contributed by atoms with Crippen molar-refractivity contribution in [2.24, 2.45) is 10.8 Å². The Morgan fingerprint density at radius 1 is 0.983 bits per heavy atom. The van der Waals surface area contributed by atoms with Crippen LogP contribution in [0.15, 0.2) is 59.8 Å². The highest BCUT2D eigenvalue weighted by Gasteiger charge is 2.59. The van der Waals surface area contributed by atoms with E-state index in [2.05, 4.69) is 0 Å². The number of hydrogen-bond donors (Lipinski definition) is 3. The van der Waals surface area contributed by atoms with Gasteiger partial charge in [0.1, 0.15) is 12.2 Å². The molecule has 3 fully saturated rings. The second kappa shape index (κ2) is 20.9. The Hall–Kier alpha value is -3.66. The Morgan fingerprint density at radius 3 is 2.37 bits per heavy atom. The van der Waals surface area contributed by atoms with Crippen molar-refractivity contribution >= 4 is 23.9 Å². The molecule has 0 aliphatic carbocycles. The summed E-state index contributed by atoms with van der Waals surface area (Å²) in [6, 6.07) is 0. The average molecular weight is 845 g/mol. The molecule has 4 rings (SSSR count). The van der Waals surface area contributed by atoms with Gasteiger partial charge in [0.2, 0.25) is 5.79 Å². The SMILES string of the molecule is C/C=C1/C[C@H]2CC3(O)O[C@H](CCCC(=O)O[C@@H]([C@@H](C)O)C[C@@H]4C/C(=C\C(=O)OC)[C@H](OC(=O)/C=C/C=C/CCC)[C@@](O)(O4)C(C)(C)/C=C/[C@@H](C1)O2)C[C@H](OC(C)=O)C3(C)C. The molecule has 4 aliphatic rings. The quantitative estimate of drug-likeness (QED) is 0.0828. The molecule has 4 aliphatic heterocycles. The molecule has 0 amide bonds. The summed E-state index contributed by atoms with van der Waals surface area (Å²) in [7, 11) is 1.21. The smallest absolute Gasteiger partial charge is 0.331 e. The minimum Gasteiger partial charge on any atom is -0.466 e. The molecule has 0 radical (unpaired) electrons. The fourth-order valence-electron chi connectivity index (χ4n) is 8.40. The normalized spacial score (nSPS) is 36.3. The van der Waals surface area contributed by atoms with Crippen molar-refractivity contribution in [3.63, 3.8) is 0 Å². The summed E-state index contributed by atoms with van der Waals surface area (Å²) in [6.45, 7) is 13.7. The molecule has 0 spiro atoms. The van der Waals surface area contributed by atoms with Crippen LogP contribution in [0.5, 0.6) is 0 Å².